The fourth-order valence-electron chi connectivity index (χ4n) is 4.90. The van der Waals surface area contributed by atoms with Crippen molar-refractivity contribution in [3.63, 3.8) is 0 Å². The largest absolute Gasteiger partial charge is 0.480 e. The molecule has 4 aromatic rings. The summed E-state index contributed by atoms with van der Waals surface area (Å²) in [6.07, 6.45) is 3.12. The van der Waals surface area contributed by atoms with Crippen LogP contribution in [-0.4, -0.2) is 69.5 Å². The minimum absolute atomic E-state index is 0.0478. The number of anilines is 2. The first-order valence-electron chi connectivity index (χ1n) is 14.3. The van der Waals surface area contributed by atoms with Crippen LogP contribution in [0.2, 0.25) is 0 Å². The van der Waals surface area contributed by atoms with Gasteiger partial charge in [0.15, 0.2) is 0 Å². The van der Waals surface area contributed by atoms with Crippen LogP contribution in [0, 0.1) is 13.8 Å². The van der Waals surface area contributed by atoms with E-state index in [4.69, 9.17) is 10.2 Å². The van der Waals surface area contributed by atoms with Crippen molar-refractivity contribution in [2.75, 3.05) is 30.3 Å². The third-order valence-electron chi connectivity index (χ3n) is 7.44. The van der Waals surface area contributed by atoms with Crippen molar-refractivity contribution < 1.29 is 24.6 Å². The van der Waals surface area contributed by atoms with Crippen molar-refractivity contribution in [2.45, 2.75) is 26.4 Å². The lowest BCUT2D eigenvalue weighted by atomic mass is 9.94. The number of aliphatic hydroxyl groups excluding tert-OH is 1. The van der Waals surface area contributed by atoms with E-state index in [0.717, 1.165) is 27.8 Å². The quantitative estimate of drug-likeness (QED) is 0.140. The number of hydrogen-bond acceptors (Lipinski definition) is 9. The Bertz CT molecular complexity index is 1750. The maximum atomic E-state index is 13.1. The highest BCUT2D eigenvalue weighted by Crippen LogP contribution is 2.34. The zero-order valence-corrected chi connectivity index (χ0v) is 24.8. The zero-order valence-electron chi connectivity index (χ0n) is 24.8. The standard InChI is InChI=1S/C33H33N7O5/c1-19-23(5-3-7-25(19)39-31(42)27-11-9-21(16-35-27)15-34-13-14-41)24-6-4-8-26(20(24)2)40-32(43)28-12-10-22(17-36-28)30-37-18-29(38-30)33(44)45/h3-12,16-17,29,34,41H,13-15,18H2,1-2H3,(H,37,38)(H,39,42)(H,40,43)(H,44,45). The molecule has 0 saturated carbocycles. The molecule has 0 spiro atoms. The lowest BCUT2D eigenvalue weighted by molar-refractivity contribution is -0.138. The molecule has 6 N–H and O–H groups in total. The minimum atomic E-state index is -0.981. The SMILES string of the molecule is Cc1c(NC(=O)c2ccc(CNCCO)cn2)cccc1-c1cccc(NC(=O)c2ccc(C3=NCC(C(=O)O)N3)cn2)c1C. The number of carboxylic acids is 1. The number of nitrogens with one attached hydrogen (secondary N) is 4. The van der Waals surface area contributed by atoms with Gasteiger partial charge in [0.2, 0.25) is 0 Å². The molecule has 45 heavy (non-hydrogen) atoms. The lowest BCUT2D eigenvalue weighted by Crippen LogP contribution is -2.37. The molecule has 0 aliphatic carbocycles. The average molecular weight is 608 g/mol. The van der Waals surface area contributed by atoms with Gasteiger partial charge in [0.1, 0.15) is 23.3 Å². The number of aliphatic hydroxyl groups is 1. The van der Waals surface area contributed by atoms with E-state index in [2.05, 4.69) is 36.2 Å². The molecule has 0 fully saturated rings. The number of hydrogen-bond donors (Lipinski definition) is 6. The van der Waals surface area contributed by atoms with Crippen molar-refractivity contribution in [3.05, 3.63) is 107 Å². The second-order valence-corrected chi connectivity index (χ2v) is 10.5. The Kier molecular flexibility index (Phi) is 9.56. The maximum absolute atomic E-state index is 13.1. The van der Waals surface area contributed by atoms with Crippen LogP contribution >= 0.6 is 0 Å². The van der Waals surface area contributed by atoms with Crippen LogP contribution in [0.5, 0.6) is 0 Å². The minimum Gasteiger partial charge on any atom is -0.480 e. The van der Waals surface area contributed by atoms with E-state index in [9.17, 15) is 14.4 Å². The van der Waals surface area contributed by atoms with E-state index >= 15 is 0 Å². The Morgan fingerprint density at radius 3 is 1.93 bits per heavy atom. The third kappa shape index (κ3) is 7.20. The van der Waals surface area contributed by atoms with Crippen molar-refractivity contribution in [3.8, 4) is 11.1 Å². The number of carboxylic acid groups (broad SMARTS) is 1. The molecule has 1 aliphatic heterocycles. The van der Waals surface area contributed by atoms with Gasteiger partial charge in [-0.1, -0.05) is 30.3 Å². The van der Waals surface area contributed by atoms with Crippen LogP contribution in [0.1, 0.15) is 43.2 Å². The molecule has 2 amide bonds. The Hall–Kier alpha value is -5.46. The molecule has 0 saturated heterocycles. The lowest BCUT2D eigenvalue weighted by Gasteiger charge is -2.17. The van der Waals surface area contributed by atoms with Gasteiger partial charge in [0.25, 0.3) is 11.8 Å². The number of nitrogens with zero attached hydrogens (tertiary/aromatic N) is 3. The predicted molar refractivity (Wildman–Crippen MR) is 170 cm³/mol. The smallest absolute Gasteiger partial charge is 0.328 e. The fraction of sp³-hybridized carbons (Fsp3) is 0.212. The number of aromatic nitrogens is 2. The van der Waals surface area contributed by atoms with E-state index < -0.39 is 17.9 Å². The number of benzene rings is 2. The van der Waals surface area contributed by atoms with Crippen LogP contribution in [-0.2, 0) is 11.3 Å². The molecular weight excluding hydrogens is 574 g/mol. The number of aliphatic carboxylic acids is 1. The van der Waals surface area contributed by atoms with Crippen LogP contribution in [0.4, 0.5) is 11.4 Å². The zero-order chi connectivity index (χ0) is 31.9. The molecule has 1 aliphatic rings. The number of amides is 2. The van der Waals surface area contributed by atoms with E-state index in [1.165, 1.54) is 6.20 Å². The summed E-state index contributed by atoms with van der Waals surface area (Å²) in [4.78, 5) is 50.0. The highest BCUT2D eigenvalue weighted by atomic mass is 16.4. The van der Waals surface area contributed by atoms with Gasteiger partial charge >= 0.3 is 5.97 Å². The van der Waals surface area contributed by atoms with Gasteiger partial charge in [-0.15, -0.1) is 0 Å². The number of aliphatic imine (C=N–C) groups is 1. The predicted octanol–water partition coefficient (Wildman–Crippen LogP) is 3.15. The van der Waals surface area contributed by atoms with Crippen molar-refractivity contribution in [1.29, 1.82) is 0 Å². The molecule has 2 aromatic carbocycles. The van der Waals surface area contributed by atoms with Gasteiger partial charge in [-0.05, 0) is 72.0 Å². The molecule has 2 aromatic heterocycles. The maximum Gasteiger partial charge on any atom is 0.328 e. The van der Waals surface area contributed by atoms with E-state index in [-0.39, 0.29) is 30.4 Å². The number of rotatable bonds is 11. The van der Waals surface area contributed by atoms with Crippen molar-refractivity contribution in [2.24, 2.45) is 4.99 Å². The molecule has 12 heteroatoms. The van der Waals surface area contributed by atoms with Gasteiger partial charge in [-0.2, -0.15) is 0 Å². The van der Waals surface area contributed by atoms with Crippen molar-refractivity contribution in [1.82, 2.24) is 20.6 Å². The van der Waals surface area contributed by atoms with Crippen LogP contribution < -0.4 is 21.3 Å². The number of carbonyl (C=O) groups excluding carboxylic acids is 2. The normalized spacial score (nSPS) is 13.9. The molecular formula is C33H33N7O5. The Labute approximate surface area is 259 Å². The summed E-state index contributed by atoms with van der Waals surface area (Å²) in [6, 6.07) is 17.2. The van der Waals surface area contributed by atoms with Crippen LogP contribution in [0.3, 0.4) is 0 Å². The summed E-state index contributed by atoms with van der Waals surface area (Å²) in [5.41, 5.74) is 6.70. The molecule has 0 bridgehead atoms. The van der Waals surface area contributed by atoms with E-state index in [1.54, 1.807) is 24.4 Å². The fourth-order valence-corrected chi connectivity index (χ4v) is 4.90. The monoisotopic (exact) mass is 607 g/mol. The molecule has 1 unspecified atom stereocenters. The summed E-state index contributed by atoms with van der Waals surface area (Å²) >= 11 is 0. The first kappa shape index (κ1) is 31.0. The van der Waals surface area contributed by atoms with Gasteiger partial charge in [-0.25, -0.2) is 4.79 Å². The summed E-state index contributed by atoms with van der Waals surface area (Å²) < 4.78 is 0. The first-order chi connectivity index (χ1) is 21.7. The molecule has 0 radical (unpaired) electrons. The van der Waals surface area contributed by atoms with E-state index in [1.807, 2.05) is 56.3 Å². The summed E-state index contributed by atoms with van der Waals surface area (Å²) in [7, 11) is 0. The third-order valence-corrected chi connectivity index (χ3v) is 7.44. The highest BCUT2D eigenvalue weighted by molar-refractivity contribution is 6.06. The molecule has 5 rings (SSSR count). The second-order valence-electron chi connectivity index (χ2n) is 10.5. The Morgan fingerprint density at radius 1 is 0.844 bits per heavy atom. The summed E-state index contributed by atoms with van der Waals surface area (Å²) in [5.74, 6) is -1.29. The van der Waals surface area contributed by atoms with Crippen LogP contribution in [0.15, 0.2) is 78.0 Å². The summed E-state index contributed by atoms with van der Waals surface area (Å²) in [5, 5.41) is 29.9. The number of pyridine rings is 2. The average Bonchev–Trinajstić information content (AvgIpc) is 3.55. The summed E-state index contributed by atoms with van der Waals surface area (Å²) in [6.45, 7) is 5.04. The number of amidine groups is 1. The number of carbonyl (C=O) groups is 3. The van der Waals surface area contributed by atoms with Gasteiger partial charge in [-0.3, -0.25) is 24.5 Å². The molecule has 230 valence electrons. The van der Waals surface area contributed by atoms with Crippen LogP contribution in [0.25, 0.3) is 11.1 Å². The molecule has 12 nitrogen and oxygen atoms in total. The topological polar surface area (TPSA) is 178 Å². The second kappa shape index (κ2) is 13.9. The van der Waals surface area contributed by atoms with E-state index in [0.29, 0.717) is 35.9 Å². The van der Waals surface area contributed by atoms with Crippen molar-refractivity contribution >= 4 is 35.0 Å². The first-order valence-corrected chi connectivity index (χ1v) is 14.3. The highest BCUT2D eigenvalue weighted by Gasteiger charge is 2.25. The molecule has 3 heterocycles. The molecule has 1 atom stereocenters. The Morgan fingerprint density at radius 2 is 1.44 bits per heavy atom. The van der Waals surface area contributed by atoms with Gasteiger partial charge < -0.3 is 31.5 Å². The van der Waals surface area contributed by atoms with Gasteiger partial charge in [0, 0.05) is 42.4 Å². The van der Waals surface area contributed by atoms with Gasteiger partial charge in [0.05, 0.1) is 13.2 Å². The Balaban J connectivity index is 1.28.